The van der Waals surface area contributed by atoms with Gasteiger partial charge in [-0.3, -0.25) is 4.79 Å². The third-order valence-electron chi connectivity index (χ3n) is 2.84. The number of carbonyl (C=O) groups excluding carboxylic acids is 1. The van der Waals surface area contributed by atoms with Gasteiger partial charge in [-0.2, -0.15) is 0 Å². The van der Waals surface area contributed by atoms with Crippen LogP contribution in [0.2, 0.25) is 0 Å². The summed E-state index contributed by atoms with van der Waals surface area (Å²) in [5, 5.41) is 22.7. The number of nitrogens with one attached hydrogen (secondary N) is 1. The number of carbonyl (C=O) groups is 1. The summed E-state index contributed by atoms with van der Waals surface area (Å²) in [4.78, 5) is 13.1. The van der Waals surface area contributed by atoms with Gasteiger partial charge >= 0.3 is 0 Å². The van der Waals surface area contributed by atoms with Gasteiger partial charge in [0.15, 0.2) is 0 Å². The first-order valence-corrected chi connectivity index (χ1v) is 7.23. The molecule has 0 aliphatic rings. The van der Waals surface area contributed by atoms with Gasteiger partial charge in [-0.05, 0) is 36.8 Å². The van der Waals surface area contributed by atoms with E-state index >= 15 is 0 Å². The molecule has 1 aromatic carbocycles. The van der Waals surface area contributed by atoms with Crippen LogP contribution in [0.1, 0.15) is 26.4 Å². The van der Waals surface area contributed by atoms with Crippen LogP contribution < -0.4 is 5.32 Å². The predicted molar refractivity (Wildman–Crippen MR) is 82.3 cm³/mol. The molecule has 5 heteroatoms. The van der Waals surface area contributed by atoms with Gasteiger partial charge in [0, 0.05) is 21.4 Å². The highest BCUT2D eigenvalue weighted by Crippen LogP contribution is 2.17. The summed E-state index contributed by atoms with van der Waals surface area (Å²) >= 11 is 1.50. The van der Waals surface area contributed by atoms with E-state index in [1.54, 1.807) is 19.1 Å². The third-order valence-corrected chi connectivity index (χ3v) is 3.78. The third kappa shape index (κ3) is 4.09. The van der Waals surface area contributed by atoms with E-state index in [0.29, 0.717) is 12.1 Å². The zero-order valence-electron chi connectivity index (χ0n) is 11.5. The Morgan fingerprint density at radius 3 is 2.90 bits per heavy atom. The smallest absolute Gasteiger partial charge is 0.251 e. The van der Waals surface area contributed by atoms with E-state index < -0.39 is 0 Å². The molecule has 0 atom stereocenters. The number of aliphatic hydroxyl groups is 1. The molecular formula is C16H15NO3S. The van der Waals surface area contributed by atoms with Crippen LogP contribution in [0.3, 0.4) is 0 Å². The Hall–Kier alpha value is -2.29. The van der Waals surface area contributed by atoms with Gasteiger partial charge in [-0.1, -0.05) is 11.8 Å². The van der Waals surface area contributed by atoms with Crippen molar-refractivity contribution < 1.29 is 15.0 Å². The minimum atomic E-state index is -0.177. The summed E-state index contributed by atoms with van der Waals surface area (Å²) in [6, 6.07) is 6.54. The lowest BCUT2D eigenvalue weighted by atomic mass is 10.1. The van der Waals surface area contributed by atoms with Crippen LogP contribution in [0, 0.1) is 18.8 Å². The number of hydrogen-bond acceptors (Lipinski definition) is 4. The summed E-state index contributed by atoms with van der Waals surface area (Å²) in [6.07, 6.45) is 0. The fourth-order valence-electron chi connectivity index (χ4n) is 1.85. The van der Waals surface area contributed by atoms with Crippen LogP contribution in [-0.4, -0.2) is 22.7 Å². The maximum atomic E-state index is 12.1. The second kappa shape index (κ2) is 6.93. The molecule has 0 saturated heterocycles. The summed E-state index contributed by atoms with van der Waals surface area (Å²) in [7, 11) is 0. The van der Waals surface area contributed by atoms with Crippen LogP contribution in [0.4, 0.5) is 0 Å². The molecule has 0 fully saturated rings. The lowest BCUT2D eigenvalue weighted by Gasteiger charge is -2.07. The minimum Gasteiger partial charge on any atom is -0.508 e. The zero-order valence-corrected chi connectivity index (χ0v) is 12.3. The Kier molecular flexibility index (Phi) is 4.99. The van der Waals surface area contributed by atoms with Gasteiger partial charge in [0.2, 0.25) is 0 Å². The quantitative estimate of drug-likeness (QED) is 0.760. The normalized spacial score (nSPS) is 9.81. The molecule has 21 heavy (non-hydrogen) atoms. The number of aryl methyl sites for hydroxylation is 1. The van der Waals surface area contributed by atoms with Crippen molar-refractivity contribution in [2.45, 2.75) is 13.5 Å². The van der Waals surface area contributed by atoms with Crippen molar-refractivity contribution in [1.82, 2.24) is 5.32 Å². The number of aliphatic hydroxyl groups excluding tert-OH is 1. The molecular weight excluding hydrogens is 286 g/mol. The molecule has 3 N–H and O–H groups in total. The first-order valence-electron chi connectivity index (χ1n) is 6.35. The Labute approximate surface area is 127 Å². The number of benzene rings is 1. The van der Waals surface area contributed by atoms with Gasteiger partial charge in [0.1, 0.15) is 12.4 Å². The number of thiophene rings is 1. The largest absolute Gasteiger partial charge is 0.508 e. The number of amides is 1. The lowest BCUT2D eigenvalue weighted by Crippen LogP contribution is -2.23. The molecule has 0 unspecified atom stereocenters. The van der Waals surface area contributed by atoms with Crippen molar-refractivity contribution in [2.75, 3.05) is 6.61 Å². The fraction of sp³-hybridized carbons (Fsp3) is 0.188. The molecule has 4 nitrogen and oxygen atoms in total. The molecule has 0 saturated carbocycles. The minimum absolute atomic E-state index is 0.148. The highest BCUT2D eigenvalue weighted by Gasteiger charge is 2.09. The molecule has 0 bridgehead atoms. The van der Waals surface area contributed by atoms with E-state index in [1.165, 1.54) is 17.4 Å². The van der Waals surface area contributed by atoms with Crippen LogP contribution in [0.5, 0.6) is 5.75 Å². The van der Waals surface area contributed by atoms with Gasteiger partial charge in [-0.25, -0.2) is 0 Å². The summed E-state index contributed by atoms with van der Waals surface area (Å²) in [5.74, 6) is 5.37. The van der Waals surface area contributed by atoms with E-state index in [1.807, 2.05) is 11.4 Å². The highest BCUT2D eigenvalue weighted by molar-refractivity contribution is 7.10. The second-order valence-corrected chi connectivity index (χ2v) is 5.44. The van der Waals surface area contributed by atoms with Crippen LogP contribution in [0.25, 0.3) is 0 Å². The summed E-state index contributed by atoms with van der Waals surface area (Å²) < 4.78 is 0. The molecule has 0 spiro atoms. The van der Waals surface area contributed by atoms with Crippen molar-refractivity contribution >= 4 is 17.2 Å². The molecule has 0 radical (unpaired) electrons. The monoisotopic (exact) mass is 301 g/mol. The molecule has 108 valence electrons. The van der Waals surface area contributed by atoms with Crippen LogP contribution in [-0.2, 0) is 6.54 Å². The standard InChI is InChI=1S/C16H15NO3S/c1-11-7-13(19)4-5-15(11)16(20)17-9-14-8-12(10-21-14)3-2-6-18/h4-5,7-8,10,18-19H,6,9H2,1H3,(H,17,20). The summed E-state index contributed by atoms with van der Waals surface area (Å²) in [5.41, 5.74) is 2.11. The zero-order chi connectivity index (χ0) is 15.2. The van der Waals surface area contributed by atoms with Crippen molar-refractivity contribution in [1.29, 1.82) is 0 Å². The lowest BCUT2D eigenvalue weighted by molar-refractivity contribution is 0.0950. The number of aromatic hydroxyl groups is 1. The molecule has 2 aromatic rings. The molecule has 0 aliphatic carbocycles. The SMILES string of the molecule is Cc1cc(O)ccc1C(=O)NCc1cc(C#CCO)cs1. The van der Waals surface area contributed by atoms with Gasteiger partial charge < -0.3 is 15.5 Å². The van der Waals surface area contributed by atoms with E-state index in [9.17, 15) is 9.90 Å². The van der Waals surface area contributed by atoms with Crippen molar-refractivity contribution in [3.05, 3.63) is 51.2 Å². The second-order valence-electron chi connectivity index (χ2n) is 4.44. The van der Waals surface area contributed by atoms with Crippen LogP contribution in [0.15, 0.2) is 29.6 Å². The van der Waals surface area contributed by atoms with E-state index in [4.69, 9.17) is 5.11 Å². The maximum Gasteiger partial charge on any atom is 0.251 e. The molecule has 1 heterocycles. The summed E-state index contributed by atoms with van der Waals surface area (Å²) in [6.45, 7) is 2.04. The van der Waals surface area contributed by atoms with Gasteiger partial charge in [-0.15, -0.1) is 11.3 Å². The van der Waals surface area contributed by atoms with Gasteiger partial charge in [0.25, 0.3) is 5.91 Å². The first-order chi connectivity index (χ1) is 10.1. The fourth-order valence-corrected chi connectivity index (χ4v) is 2.60. The number of rotatable bonds is 3. The average molecular weight is 301 g/mol. The molecule has 2 rings (SSSR count). The van der Waals surface area contributed by atoms with Crippen LogP contribution >= 0.6 is 11.3 Å². The maximum absolute atomic E-state index is 12.1. The molecule has 1 aromatic heterocycles. The Morgan fingerprint density at radius 1 is 1.38 bits per heavy atom. The highest BCUT2D eigenvalue weighted by atomic mass is 32.1. The average Bonchev–Trinajstić information content (AvgIpc) is 2.90. The number of phenols is 1. The molecule has 0 aliphatic heterocycles. The number of phenolic OH excluding ortho intramolecular Hbond substituents is 1. The van der Waals surface area contributed by atoms with Crippen molar-refractivity contribution in [3.63, 3.8) is 0 Å². The Balaban J connectivity index is 1.99. The van der Waals surface area contributed by atoms with Crippen molar-refractivity contribution in [3.8, 4) is 17.6 Å². The predicted octanol–water partition coefficient (Wildman–Crippen LogP) is 2.04. The van der Waals surface area contributed by atoms with E-state index in [-0.39, 0.29) is 18.3 Å². The Morgan fingerprint density at radius 2 is 2.19 bits per heavy atom. The first kappa shape index (κ1) is 15.1. The molecule has 1 amide bonds. The number of hydrogen-bond donors (Lipinski definition) is 3. The topological polar surface area (TPSA) is 69.6 Å². The van der Waals surface area contributed by atoms with E-state index in [2.05, 4.69) is 17.2 Å². The van der Waals surface area contributed by atoms with E-state index in [0.717, 1.165) is 16.0 Å². The Bertz CT molecular complexity index is 710. The van der Waals surface area contributed by atoms with Gasteiger partial charge in [0.05, 0.1) is 6.54 Å². The van der Waals surface area contributed by atoms with Crippen molar-refractivity contribution in [2.24, 2.45) is 0 Å².